The van der Waals surface area contributed by atoms with E-state index in [2.05, 4.69) is 27.0 Å². The van der Waals surface area contributed by atoms with Crippen molar-refractivity contribution >= 4 is 62.1 Å². The summed E-state index contributed by atoms with van der Waals surface area (Å²) in [5.74, 6) is -0.440. The zero-order valence-corrected chi connectivity index (χ0v) is 14.1. The van der Waals surface area contributed by atoms with Crippen molar-refractivity contribution in [3.63, 3.8) is 0 Å². The van der Waals surface area contributed by atoms with Gasteiger partial charge >= 0.3 is 0 Å². The number of halogens is 3. The van der Waals surface area contributed by atoms with Gasteiger partial charge in [-0.3, -0.25) is 0 Å². The lowest BCUT2D eigenvalue weighted by Crippen LogP contribution is -2.00. The number of aryl methyl sites for hydroxylation is 2. The Morgan fingerprint density at radius 3 is 2.90 bits per heavy atom. The van der Waals surface area contributed by atoms with Gasteiger partial charge in [-0.1, -0.05) is 11.6 Å². The van der Waals surface area contributed by atoms with Crippen molar-refractivity contribution in [3.8, 4) is 0 Å². The number of nitrogens with one attached hydrogen (secondary N) is 1. The minimum Gasteiger partial charge on any atom is -0.330 e. The third-order valence-corrected chi connectivity index (χ3v) is 5.32. The summed E-state index contributed by atoms with van der Waals surface area (Å²) in [6, 6.07) is 7.11. The minimum absolute atomic E-state index is 0.110. The SMILES string of the molecule is Fc1cc2[nH]c(=S)n(CCc3ccc(Br)s3)c2cc1Cl. The van der Waals surface area contributed by atoms with Gasteiger partial charge in [-0.25, -0.2) is 4.39 Å². The van der Waals surface area contributed by atoms with Gasteiger partial charge < -0.3 is 9.55 Å². The number of thiophene rings is 1. The highest BCUT2D eigenvalue weighted by Crippen LogP contribution is 2.25. The molecular weight excluding hydrogens is 383 g/mol. The summed E-state index contributed by atoms with van der Waals surface area (Å²) in [4.78, 5) is 4.27. The van der Waals surface area contributed by atoms with Gasteiger partial charge in [-0.15, -0.1) is 11.3 Å². The zero-order chi connectivity index (χ0) is 14.3. The molecule has 0 spiro atoms. The van der Waals surface area contributed by atoms with Gasteiger partial charge in [-0.2, -0.15) is 0 Å². The van der Waals surface area contributed by atoms with Crippen molar-refractivity contribution in [1.82, 2.24) is 9.55 Å². The summed E-state index contributed by atoms with van der Waals surface area (Å²) in [6.45, 7) is 0.730. The van der Waals surface area contributed by atoms with Crippen LogP contribution in [0.25, 0.3) is 11.0 Å². The van der Waals surface area contributed by atoms with Crippen molar-refractivity contribution in [2.24, 2.45) is 0 Å². The maximum atomic E-state index is 13.4. The Bertz CT molecular complexity index is 837. The average Bonchev–Trinajstić information content (AvgIpc) is 2.92. The van der Waals surface area contributed by atoms with E-state index in [9.17, 15) is 4.39 Å². The van der Waals surface area contributed by atoms with Gasteiger partial charge in [0.1, 0.15) is 5.82 Å². The first-order valence-corrected chi connectivity index (χ1v) is 8.26. The summed E-state index contributed by atoms with van der Waals surface area (Å²) in [5.41, 5.74) is 1.50. The topological polar surface area (TPSA) is 20.7 Å². The van der Waals surface area contributed by atoms with Crippen molar-refractivity contribution in [2.45, 2.75) is 13.0 Å². The Morgan fingerprint density at radius 1 is 1.40 bits per heavy atom. The average molecular weight is 392 g/mol. The Labute approximate surface area is 137 Å². The standard InChI is InChI=1S/C13H9BrClFN2S2/c14-12-2-1-7(20-12)3-4-18-11-5-8(15)9(16)6-10(11)17-13(18)19/h1-2,5-6H,3-4H2,(H,17,19). The monoisotopic (exact) mass is 390 g/mol. The number of nitrogens with zero attached hydrogens (tertiary/aromatic N) is 1. The Hall–Kier alpha value is -0.690. The van der Waals surface area contributed by atoms with Crippen LogP contribution in [-0.4, -0.2) is 9.55 Å². The Morgan fingerprint density at radius 2 is 2.20 bits per heavy atom. The van der Waals surface area contributed by atoms with Gasteiger partial charge in [-0.05, 0) is 52.8 Å². The maximum absolute atomic E-state index is 13.4. The van der Waals surface area contributed by atoms with E-state index >= 15 is 0 Å². The molecule has 1 N–H and O–H groups in total. The molecule has 0 amide bonds. The van der Waals surface area contributed by atoms with Crippen molar-refractivity contribution < 1.29 is 4.39 Å². The first-order chi connectivity index (χ1) is 9.54. The molecule has 0 fully saturated rings. The molecule has 0 aliphatic carbocycles. The predicted molar refractivity (Wildman–Crippen MR) is 87.8 cm³/mol. The summed E-state index contributed by atoms with van der Waals surface area (Å²) in [7, 11) is 0. The number of H-pyrrole nitrogens is 1. The van der Waals surface area contributed by atoms with Crippen LogP contribution in [0.5, 0.6) is 0 Å². The van der Waals surface area contributed by atoms with E-state index in [0.717, 1.165) is 22.3 Å². The van der Waals surface area contributed by atoms with E-state index in [4.69, 9.17) is 23.8 Å². The molecule has 1 aromatic carbocycles. The number of aromatic nitrogens is 2. The number of benzene rings is 1. The molecule has 3 rings (SSSR count). The fourth-order valence-corrected chi connectivity index (χ4v) is 4.01. The number of aromatic amines is 1. The number of hydrogen-bond acceptors (Lipinski definition) is 2. The molecule has 0 bridgehead atoms. The molecule has 3 aromatic rings. The second kappa shape index (κ2) is 5.60. The second-order valence-corrected chi connectivity index (χ2v) is 7.66. The lowest BCUT2D eigenvalue weighted by molar-refractivity contribution is 0.629. The van der Waals surface area contributed by atoms with Crippen LogP contribution >= 0.6 is 51.1 Å². The van der Waals surface area contributed by atoms with Crippen molar-refractivity contribution in [2.75, 3.05) is 0 Å². The smallest absolute Gasteiger partial charge is 0.178 e. The molecule has 2 heterocycles. The highest BCUT2D eigenvalue weighted by Gasteiger charge is 2.09. The van der Waals surface area contributed by atoms with Crippen LogP contribution in [0.1, 0.15) is 4.88 Å². The van der Waals surface area contributed by atoms with Gasteiger partial charge in [0, 0.05) is 17.5 Å². The largest absolute Gasteiger partial charge is 0.330 e. The van der Waals surface area contributed by atoms with E-state index in [1.807, 2.05) is 10.6 Å². The van der Waals surface area contributed by atoms with E-state index in [0.29, 0.717) is 10.3 Å². The highest BCUT2D eigenvalue weighted by atomic mass is 79.9. The lowest BCUT2D eigenvalue weighted by Gasteiger charge is -2.04. The van der Waals surface area contributed by atoms with Crippen LogP contribution in [0, 0.1) is 10.6 Å². The summed E-state index contributed by atoms with van der Waals surface area (Å²) < 4.78 is 17.1. The summed E-state index contributed by atoms with van der Waals surface area (Å²) in [6.07, 6.45) is 0.868. The molecule has 2 nitrogen and oxygen atoms in total. The van der Waals surface area contributed by atoms with Crippen LogP contribution in [0.15, 0.2) is 28.1 Å². The summed E-state index contributed by atoms with van der Waals surface area (Å²) in [5, 5.41) is 0.110. The van der Waals surface area contributed by atoms with Crippen LogP contribution < -0.4 is 0 Å². The molecule has 0 saturated heterocycles. The predicted octanol–water partition coefficient (Wildman–Crippen LogP) is 5.56. The first kappa shape index (κ1) is 14.3. The van der Waals surface area contributed by atoms with E-state index in [-0.39, 0.29) is 5.02 Å². The molecule has 0 radical (unpaired) electrons. The second-order valence-electron chi connectivity index (χ2n) is 4.32. The van der Waals surface area contributed by atoms with E-state index < -0.39 is 5.82 Å². The van der Waals surface area contributed by atoms with Gasteiger partial charge in [0.25, 0.3) is 0 Å². The molecule has 0 atom stereocenters. The maximum Gasteiger partial charge on any atom is 0.178 e. The molecule has 0 unspecified atom stereocenters. The lowest BCUT2D eigenvalue weighted by atomic mass is 10.3. The first-order valence-electron chi connectivity index (χ1n) is 5.86. The number of imidazole rings is 1. The molecular formula is C13H9BrClFN2S2. The molecule has 0 aliphatic heterocycles. The quantitative estimate of drug-likeness (QED) is 0.580. The van der Waals surface area contributed by atoms with Crippen molar-refractivity contribution in [3.05, 3.63) is 48.5 Å². The molecule has 7 heteroatoms. The summed E-state index contributed by atoms with van der Waals surface area (Å²) >= 11 is 16.3. The molecule has 20 heavy (non-hydrogen) atoms. The third kappa shape index (κ3) is 2.70. The molecule has 2 aromatic heterocycles. The van der Waals surface area contributed by atoms with Gasteiger partial charge in [0.05, 0.1) is 19.8 Å². The highest BCUT2D eigenvalue weighted by molar-refractivity contribution is 9.11. The van der Waals surface area contributed by atoms with E-state index in [1.165, 1.54) is 10.9 Å². The molecule has 104 valence electrons. The fraction of sp³-hybridized carbons (Fsp3) is 0.154. The molecule has 0 aliphatic rings. The number of fused-ring (bicyclic) bond motifs is 1. The Balaban J connectivity index is 1.96. The van der Waals surface area contributed by atoms with Crippen molar-refractivity contribution in [1.29, 1.82) is 0 Å². The van der Waals surface area contributed by atoms with Crippen LogP contribution in [0.3, 0.4) is 0 Å². The molecule has 0 saturated carbocycles. The number of hydrogen-bond donors (Lipinski definition) is 1. The van der Waals surface area contributed by atoms with E-state index in [1.54, 1.807) is 17.4 Å². The third-order valence-electron chi connectivity index (χ3n) is 3.03. The van der Waals surface area contributed by atoms with Crippen LogP contribution in [-0.2, 0) is 13.0 Å². The van der Waals surface area contributed by atoms with Gasteiger partial charge in [0.15, 0.2) is 4.77 Å². The number of rotatable bonds is 3. The van der Waals surface area contributed by atoms with Gasteiger partial charge in [0.2, 0.25) is 0 Å². The van der Waals surface area contributed by atoms with Crippen LogP contribution in [0.4, 0.5) is 4.39 Å². The zero-order valence-electron chi connectivity index (χ0n) is 10.1. The fourth-order valence-electron chi connectivity index (χ4n) is 2.08. The Kier molecular flexibility index (Phi) is 3.99. The normalized spacial score (nSPS) is 11.3. The minimum atomic E-state index is -0.440. The van der Waals surface area contributed by atoms with Crippen LogP contribution in [0.2, 0.25) is 5.02 Å².